The summed E-state index contributed by atoms with van der Waals surface area (Å²) >= 11 is 2.93. The molecule has 0 bridgehead atoms. The van der Waals surface area contributed by atoms with Gasteiger partial charge in [-0.15, -0.1) is 0 Å². The van der Waals surface area contributed by atoms with Crippen LogP contribution in [0.15, 0.2) is 12.1 Å². The molecule has 98 valence electrons. The predicted octanol–water partition coefficient (Wildman–Crippen LogP) is 2.79. The highest BCUT2D eigenvalue weighted by atomic mass is 79.9. The summed E-state index contributed by atoms with van der Waals surface area (Å²) in [6.45, 7) is -3.15. The Kier molecular flexibility index (Phi) is 4.54. The first-order valence-electron chi connectivity index (χ1n) is 4.42. The van der Waals surface area contributed by atoms with Crippen molar-refractivity contribution in [3.8, 4) is 5.75 Å². The summed E-state index contributed by atoms with van der Waals surface area (Å²) in [4.78, 5) is 20.7. The Labute approximate surface area is 107 Å². The number of nitro groups is 1. The minimum absolute atomic E-state index is 0.0210. The zero-order chi connectivity index (χ0) is 13.9. The molecule has 0 amide bonds. The molecule has 0 saturated heterocycles. The lowest BCUT2D eigenvalue weighted by Crippen LogP contribution is -2.09. The number of carbonyl (C=O) groups is 1. The minimum atomic E-state index is -3.15. The number of hydrogen-bond donors (Lipinski definition) is 1. The lowest BCUT2D eigenvalue weighted by Gasteiger charge is -2.09. The second kappa shape index (κ2) is 5.71. The third-order valence-corrected chi connectivity index (χ3v) is 2.56. The first-order chi connectivity index (χ1) is 8.36. The number of carboxylic acids is 1. The third kappa shape index (κ3) is 3.13. The molecule has 0 aliphatic rings. The van der Waals surface area contributed by atoms with E-state index < -0.39 is 34.5 Å². The zero-order valence-corrected chi connectivity index (χ0v) is 10.2. The lowest BCUT2D eigenvalue weighted by atomic mass is 10.1. The summed E-state index contributed by atoms with van der Waals surface area (Å²) in [5.74, 6) is -1.98. The van der Waals surface area contributed by atoms with Crippen LogP contribution in [0.4, 0.5) is 14.5 Å². The number of halogens is 3. The van der Waals surface area contributed by atoms with E-state index in [0.717, 1.165) is 6.07 Å². The molecule has 0 spiro atoms. The molecule has 18 heavy (non-hydrogen) atoms. The topological polar surface area (TPSA) is 89.7 Å². The largest absolute Gasteiger partial charge is 0.477 e. The number of hydrogen-bond acceptors (Lipinski definition) is 4. The van der Waals surface area contributed by atoms with Gasteiger partial charge in [0.2, 0.25) is 0 Å². The van der Waals surface area contributed by atoms with E-state index in [2.05, 4.69) is 20.7 Å². The maximum absolute atomic E-state index is 12.0. The molecule has 9 heteroatoms. The standard InChI is InChI=1S/C9H6BrF2NO5/c10-3-4-1-5(18-9(11)12)2-6(13(16)17)7(4)8(14)15/h1-2,9H,3H2,(H,14,15). The highest BCUT2D eigenvalue weighted by molar-refractivity contribution is 9.08. The molecule has 0 aliphatic heterocycles. The Bertz CT molecular complexity index is 494. The molecular weight excluding hydrogens is 320 g/mol. The van der Waals surface area contributed by atoms with Crippen LogP contribution in [0.3, 0.4) is 0 Å². The van der Waals surface area contributed by atoms with Crippen LogP contribution < -0.4 is 4.74 Å². The molecule has 0 aliphatic carbocycles. The molecule has 0 fully saturated rings. The summed E-state index contributed by atoms with van der Waals surface area (Å²) in [7, 11) is 0. The number of alkyl halides is 3. The SMILES string of the molecule is O=C(O)c1c(CBr)cc(OC(F)F)cc1[N+](=O)[O-]. The summed E-state index contributed by atoms with van der Waals surface area (Å²) < 4.78 is 28.1. The molecule has 0 heterocycles. The minimum Gasteiger partial charge on any atom is -0.477 e. The molecule has 1 rings (SSSR count). The fraction of sp³-hybridized carbons (Fsp3) is 0.222. The highest BCUT2D eigenvalue weighted by Crippen LogP contribution is 2.31. The molecule has 0 saturated carbocycles. The Hall–Kier alpha value is -1.77. The van der Waals surface area contributed by atoms with Crippen molar-refractivity contribution in [2.45, 2.75) is 11.9 Å². The van der Waals surface area contributed by atoms with Gasteiger partial charge in [-0.1, -0.05) is 15.9 Å². The smallest absolute Gasteiger partial charge is 0.387 e. The molecule has 6 nitrogen and oxygen atoms in total. The summed E-state index contributed by atoms with van der Waals surface area (Å²) in [6.07, 6.45) is 0. The van der Waals surface area contributed by atoms with Crippen LogP contribution in [0.2, 0.25) is 0 Å². The van der Waals surface area contributed by atoms with Gasteiger partial charge in [0.15, 0.2) is 0 Å². The van der Waals surface area contributed by atoms with Crippen molar-refractivity contribution in [3.63, 3.8) is 0 Å². The van der Waals surface area contributed by atoms with Crippen molar-refractivity contribution in [3.05, 3.63) is 33.4 Å². The van der Waals surface area contributed by atoms with Gasteiger partial charge < -0.3 is 9.84 Å². The average molecular weight is 326 g/mol. The van der Waals surface area contributed by atoms with Gasteiger partial charge in [-0.05, 0) is 11.6 Å². The highest BCUT2D eigenvalue weighted by Gasteiger charge is 2.25. The van der Waals surface area contributed by atoms with Crippen molar-refractivity contribution in [1.29, 1.82) is 0 Å². The van der Waals surface area contributed by atoms with Gasteiger partial charge in [-0.2, -0.15) is 8.78 Å². The number of nitro benzene ring substituents is 1. The van der Waals surface area contributed by atoms with Crippen molar-refractivity contribution in [1.82, 2.24) is 0 Å². The van der Waals surface area contributed by atoms with Crippen molar-refractivity contribution >= 4 is 27.6 Å². The first-order valence-corrected chi connectivity index (χ1v) is 5.54. The number of ether oxygens (including phenoxy) is 1. The molecule has 1 N–H and O–H groups in total. The van der Waals surface area contributed by atoms with E-state index in [4.69, 9.17) is 5.11 Å². The monoisotopic (exact) mass is 325 g/mol. The normalized spacial score (nSPS) is 10.4. The Balaban J connectivity index is 3.43. The molecule has 0 radical (unpaired) electrons. The summed E-state index contributed by atoms with van der Waals surface area (Å²) in [5.41, 5.74) is -1.37. The van der Waals surface area contributed by atoms with E-state index in [1.807, 2.05) is 0 Å². The van der Waals surface area contributed by atoms with Gasteiger partial charge in [0.25, 0.3) is 5.69 Å². The number of aromatic carboxylic acids is 1. The van der Waals surface area contributed by atoms with Gasteiger partial charge in [0.05, 0.1) is 11.0 Å². The maximum atomic E-state index is 12.0. The number of rotatable bonds is 5. The Morgan fingerprint density at radius 1 is 1.56 bits per heavy atom. The van der Waals surface area contributed by atoms with Gasteiger partial charge in [0, 0.05) is 5.33 Å². The predicted molar refractivity (Wildman–Crippen MR) is 59.3 cm³/mol. The quantitative estimate of drug-likeness (QED) is 0.510. The third-order valence-electron chi connectivity index (χ3n) is 1.95. The molecule has 0 aromatic heterocycles. The molecule has 1 aromatic rings. The fourth-order valence-electron chi connectivity index (χ4n) is 1.32. The van der Waals surface area contributed by atoms with Gasteiger partial charge in [-0.3, -0.25) is 10.1 Å². The van der Waals surface area contributed by atoms with E-state index in [-0.39, 0.29) is 10.9 Å². The van der Waals surface area contributed by atoms with Crippen molar-refractivity contribution in [2.24, 2.45) is 0 Å². The number of carboxylic acid groups (broad SMARTS) is 1. The number of benzene rings is 1. The zero-order valence-electron chi connectivity index (χ0n) is 8.60. The van der Waals surface area contributed by atoms with Crippen LogP contribution in [0, 0.1) is 10.1 Å². The molecule has 0 atom stereocenters. The lowest BCUT2D eigenvalue weighted by molar-refractivity contribution is -0.385. The second-order valence-corrected chi connectivity index (χ2v) is 3.61. The molecule has 1 aromatic carbocycles. The van der Waals surface area contributed by atoms with E-state index >= 15 is 0 Å². The molecule has 0 unspecified atom stereocenters. The average Bonchev–Trinajstić information content (AvgIpc) is 2.26. The first kappa shape index (κ1) is 14.3. The van der Waals surface area contributed by atoms with E-state index in [0.29, 0.717) is 6.07 Å². The number of nitrogens with zero attached hydrogens (tertiary/aromatic N) is 1. The van der Waals surface area contributed by atoms with E-state index in [9.17, 15) is 23.7 Å². The fourth-order valence-corrected chi connectivity index (χ4v) is 1.77. The van der Waals surface area contributed by atoms with Crippen molar-refractivity contribution < 1.29 is 28.3 Å². The van der Waals surface area contributed by atoms with Gasteiger partial charge >= 0.3 is 12.6 Å². The van der Waals surface area contributed by atoms with Crippen LogP contribution in [0.5, 0.6) is 5.75 Å². The Morgan fingerprint density at radius 3 is 2.56 bits per heavy atom. The summed E-state index contributed by atoms with van der Waals surface area (Å²) in [5, 5.41) is 19.6. The second-order valence-electron chi connectivity index (χ2n) is 3.05. The van der Waals surface area contributed by atoms with Crippen LogP contribution in [0.25, 0.3) is 0 Å². The summed E-state index contributed by atoms with van der Waals surface area (Å²) in [6, 6.07) is 1.67. The van der Waals surface area contributed by atoms with E-state index in [1.54, 1.807) is 0 Å². The Morgan fingerprint density at radius 2 is 2.17 bits per heavy atom. The van der Waals surface area contributed by atoms with Crippen molar-refractivity contribution in [2.75, 3.05) is 0 Å². The van der Waals surface area contributed by atoms with Crippen LogP contribution >= 0.6 is 15.9 Å². The van der Waals surface area contributed by atoms with Crippen LogP contribution in [-0.4, -0.2) is 22.6 Å². The maximum Gasteiger partial charge on any atom is 0.387 e. The molecular formula is C9H6BrF2NO5. The van der Waals surface area contributed by atoms with Gasteiger partial charge in [-0.25, -0.2) is 4.79 Å². The van der Waals surface area contributed by atoms with Crippen LogP contribution in [0.1, 0.15) is 15.9 Å². The van der Waals surface area contributed by atoms with E-state index in [1.165, 1.54) is 0 Å². The van der Waals surface area contributed by atoms with Crippen LogP contribution in [-0.2, 0) is 5.33 Å². The van der Waals surface area contributed by atoms with Gasteiger partial charge in [0.1, 0.15) is 11.3 Å².